The summed E-state index contributed by atoms with van der Waals surface area (Å²) in [7, 11) is 0. The second-order valence-electron chi connectivity index (χ2n) is 23.6. The monoisotopic (exact) mass is 1180 g/mol. The lowest BCUT2D eigenvalue weighted by atomic mass is 9.88. The number of furan rings is 1. The third-order valence-corrected chi connectivity index (χ3v) is 17.9. The first-order valence-corrected chi connectivity index (χ1v) is 31.4. The van der Waals surface area contributed by atoms with Crippen LogP contribution in [0, 0.1) is 0 Å². The number of pyridine rings is 1. The highest BCUT2D eigenvalue weighted by molar-refractivity contribution is 6.12. The smallest absolute Gasteiger partial charge is 0.164 e. The summed E-state index contributed by atoms with van der Waals surface area (Å²) in [5, 5.41) is 4.50. The molecule has 0 atom stereocenters. The SMILES string of the molecule is C1=CCCC(c2cccc(C3=CCCC(c4ccc5c(c4)c4ccccc4n5-c4cnc(-c5cccc(-c6cc(-c7cccc(-c8cccc(-c9cccc(-c%10nc(-c%11ccccc%11)nc(-c%11ccccc%11)n%10)c9)n8)c7)c7oc8ccccc8c7c6)c5)nc4)=C3)c2)=C1. The van der Waals surface area contributed by atoms with Crippen LogP contribution in [-0.4, -0.2) is 34.5 Å². The van der Waals surface area contributed by atoms with Crippen molar-refractivity contribution in [1.29, 1.82) is 0 Å². The predicted octanol–water partition coefficient (Wildman–Crippen LogP) is 21.4. The van der Waals surface area contributed by atoms with Crippen LogP contribution in [0.25, 0.3) is 156 Å². The maximum absolute atomic E-state index is 6.77. The number of hydrogen-bond acceptors (Lipinski definition) is 7. The van der Waals surface area contributed by atoms with Gasteiger partial charge < -0.3 is 8.98 Å². The highest BCUT2D eigenvalue weighted by Gasteiger charge is 2.21. The number of allylic oxidation sites excluding steroid dienone is 8. The van der Waals surface area contributed by atoms with Gasteiger partial charge in [-0.05, 0) is 149 Å². The van der Waals surface area contributed by atoms with Crippen molar-refractivity contribution in [3.05, 3.63) is 314 Å². The van der Waals surface area contributed by atoms with E-state index in [4.69, 9.17) is 34.3 Å². The van der Waals surface area contributed by atoms with Crippen LogP contribution >= 0.6 is 0 Å². The molecule has 15 aromatic rings. The summed E-state index contributed by atoms with van der Waals surface area (Å²) in [4.78, 5) is 30.4. The molecule has 17 rings (SSSR count). The first-order chi connectivity index (χ1) is 45.5. The molecular formula is C84H57N7O. The van der Waals surface area contributed by atoms with Crippen LogP contribution in [0.15, 0.2) is 302 Å². The Balaban J connectivity index is 0.675. The van der Waals surface area contributed by atoms with E-state index in [1.54, 1.807) is 0 Å². The van der Waals surface area contributed by atoms with Crippen molar-refractivity contribution in [1.82, 2.24) is 34.5 Å². The number of hydrogen-bond donors (Lipinski definition) is 0. The molecule has 0 aliphatic heterocycles. The Hall–Kier alpha value is -12.0. The van der Waals surface area contributed by atoms with Crippen molar-refractivity contribution in [3.63, 3.8) is 0 Å². The molecule has 0 spiro atoms. The highest BCUT2D eigenvalue weighted by atomic mass is 16.3. The molecule has 5 heterocycles. The summed E-state index contributed by atoms with van der Waals surface area (Å²) >= 11 is 0. The van der Waals surface area contributed by atoms with Gasteiger partial charge in [0.1, 0.15) is 11.2 Å². The summed E-state index contributed by atoms with van der Waals surface area (Å²) in [5.74, 6) is 2.47. The van der Waals surface area contributed by atoms with Gasteiger partial charge in [-0.15, -0.1) is 0 Å². The summed E-state index contributed by atoms with van der Waals surface area (Å²) in [6.07, 6.45) is 19.6. The number of aromatic nitrogens is 7. The van der Waals surface area contributed by atoms with Gasteiger partial charge in [0.05, 0.1) is 40.5 Å². The van der Waals surface area contributed by atoms with Crippen molar-refractivity contribution in [2.75, 3.05) is 0 Å². The molecule has 8 nitrogen and oxygen atoms in total. The van der Waals surface area contributed by atoms with Crippen LogP contribution in [0.2, 0.25) is 0 Å². The van der Waals surface area contributed by atoms with Crippen LogP contribution in [0.5, 0.6) is 0 Å². The average molecular weight is 1180 g/mol. The van der Waals surface area contributed by atoms with E-state index >= 15 is 0 Å². The van der Waals surface area contributed by atoms with Gasteiger partial charge in [0, 0.05) is 60.5 Å². The van der Waals surface area contributed by atoms with E-state index in [1.807, 2.05) is 97.3 Å². The lowest BCUT2D eigenvalue weighted by Crippen LogP contribution is -2.00. The number of para-hydroxylation sites is 2. The fraction of sp³-hybridized carbons (Fsp3) is 0.0476. The largest absolute Gasteiger partial charge is 0.455 e. The molecule has 0 saturated carbocycles. The zero-order chi connectivity index (χ0) is 60.9. The van der Waals surface area contributed by atoms with Crippen LogP contribution in [-0.2, 0) is 0 Å². The summed E-state index contributed by atoms with van der Waals surface area (Å²) in [6, 6.07) is 89.1. The fourth-order valence-electron chi connectivity index (χ4n) is 13.3. The first kappa shape index (κ1) is 54.2. The molecule has 0 fully saturated rings. The zero-order valence-corrected chi connectivity index (χ0v) is 50.2. The van der Waals surface area contributed by atoms with E-state index in [1.165, 1.54) is 44.2 Å². The molecule has 2 aliphatic rings. The van der Waals surface area contributed by atoms with E-state index in [-0.39, 0.29) is 0 Å². The number of rotatable bonds is 12. The second kappa shape index (κ2) is 23.2. The molecule has 0 bridgehead atoms. The lowest BCUT2D eigenvalue weighted by Gasteiger charge is -2.17. The summed E-state index contributed by atoms with van der Waals surface area (Å²) < 4.78 is 9.06. The van der Waals surface area contributed by atoms with Gasteiger partial charge in [-0.3, -0.25) is 0 Å². The van der Waals surface area contributed by atoms with Crippen LogP contribution in [0.3, 0.4) is 0 Å². The van der Waals surface area contributed by atoms with Crippen molar-refractivity contribution in [3.8, 4) is 96.0 Å². The third kappa shape index (κ3) is 10.2. The normalized spacial score (nSPS) is 13.2. The van der Waals surface area contributed by atoms with E-state index in [9.17, 15) is 0 Å². The quantitative estimate of drug-likeness (QED) is 0.120. The second-order valence-corrected chi connectivity index (χ2v) is 23.6. The van der Waals surface area contributed by atoms with Crippen molar-refractivity contribution >= 4 is 60.5 Å². The molecule has 8 heteroatoms. The van der Waals surface area contributed by atoms with Gasteiger partial charge in [-0.25, -0.2) is 29.9 Å². The van der Waals surface area contributed by atoms with Crippen molar-refractivity contribution < 1.29 is 4.42 Å². The van der Waals surface area contributed by atoms with Gasteiger partial charge >= 0.3 is 0 Å². The van der Waals surface area contributed by atoms with Gasteiger partial charge in [-0.2, -0.15) is 0 Å². The molecule has 5 aromatic heterocycles. The minimum Gasteiger partial charge on any atom is -0.455 e. The van der Waals surface area contributed by atoms with Crippen molar-refractivity contribution in [2.45, 2.75) is 25.7 Å². The molecule has 0 saturated heterocycles. The minimum atomic E-state index is 0.589. The van der Waals surface area contributed by atoms with E-state index < -0.39 is 0 Å². The topological polar surface area (TPSA) is 95.4 Å². The van der Waals surface area contributed by atoms with E-state index in [0.29, 0.717) is 23.3 Å². The Kier molecular flexibility index (Phi) is 13.6. The predicted molar refractivity (Wildman–Crippen MR) is 376 cm³/mol. The lowest BCUT2D eigenvalue weighted by molar-refractivity contribution is 0.670. The number of fused-ring (bicyclic) bond motifs is 6. The summed E-state index contributed by atoms with van der Waals surface area (Å²) in [5.41, 5.74) is 24.0. The third-order valence-electron chi connectivity index (χ3n) is 17.9. The molecule has 10 aromatic carbocycles. The molecule has 0 radical (unpaired) electrons. The van der Waals surface area contributed by atoms with E-state index in [2.05, 4.69) is 205 Å². The Morgan fingerprint density at radius 1 is 0.348 bits per heavy atom. The maximum atomic E-state index is 6.77. The average Bonchev–Trinajstić information content (AvgIpc) is 2.00. The Labute approximate surface area is 532 Å². The Bertz CT molecular complexity index is 5460. The molecular weight excluding hydrogens is 1120 g/mol. The summed E-state index contributed by atoms with van der Waals surface area (Å²) in [6.45, 7) is 0. The maximum Gasteiger partial charge on any atom is 0.164 e. The first-order valence-electron chi connectivity index (χ1n) is 31.4. The van der Waals surface area contributed by atoms with Gasteiger partial charge in [0.2, 0.25) is 0 Å². The van der Waals surface area contributed by atoms with Crippen LogP contribution in [0.4, 0.5) is 0 Å². The van der Waals surface area contributed by atoms with Crippen LogP contribution in [0.1, 0.15) is 42.4 Å². The molecule has 0 unspecified atom stereocenters. The van der Waals surface area contributed by atoms with Gasteiger partial charge in [-0.1, -0.05) is 212 Å². The molecule has 2 aliphatic carbocycles. The molecule has 0 amide bonds. The molecule has 0 N–H and O–H groups in total. The van der Waals surface area contributed by atoms with Gasteiger partial charge in [0.25, 0.3) is 0 Å². The Morgan fingerprint density at radius 3 is 1.63 bits per heavy atom. The zero-order valence-electron chi connectivity index (χ0n) is 50.2. The van der Waals surface area contributed by atoms with Crippen LogP contribution < -0.4 is 0 Å². The highest BCUT2D eigenvalue weighted by Crippen LogP contribution is 2.43. The standard InChI is InChI=1S/C84H57N7O/c1-4-20-54(21-5-1)57-26-14-27-58(44-57)59-28-15-29-60(45-59)62-42-43-78-73(49-62)70-36-10-12-40-77(70)91(78)69-52-85-81(86-53-69)66-34-16-30-61(46-66)68-50-72(80-74(51-68)71-37-11-13-41-79(71)92-80)63-31-17-32-64(47-63)75-38-19-39-76(87-75)65-33-18-35-67(48-65)84-89-82(55-22-6-2-7-23-55)88-83(90-84)56-24-8-3-9-25-56/h1-4,6-14,16-20,22-28,30-53H,5,15,21,29H2. The van der Waals surface area contributed by atoms with Gasteiger partial charge in [0.15, 0.2) is 23.3 Å². The minimum absolute atomic E-state index is 0.589. The van der Waals surface area contributed by atoms with Crippen molar-refractivity contribution in [2.24, 2.45) is 0 Å². The number of benzene rings is 10. The number of nitrogens with zero attached hydrogens (tertiary/aromatic N) is 7. The fourth-order valence-corrected chi connectivity index (χ4v) is 13.3. The molecule has 92 heavy (non-hydrogen) atoms. The van der Waals surface area contributed by atoms with E-state index in [0.717, 1.165) is 131 Å². The molecule has 434 valence electrons. The Morgan fingerprint density at radius 2 is 0.891 bits per heavy atom.